The van der Waals surface area contributed by atoms with Gasteiger partial charge in [0.15, 0.2) is 0 Å². The minimum Gasteiger partial charge on any atom is -0.506 e. The largest absolute Gasteiger partial charge is 0.506 e. The van der Waals surface area contributed by atoms with Crippen LogP contribution in [0, 0.1) is 13.8 Å². The van der Waals surface area contributed by atoms with Crippen molar-refractivity contribution in [3.05, 3.63) is 56.0 Å². The molecule has 0 aliphatic heterocycles. The highest BCUT2D eigenvalue weighted by molar-refractivity contribution is 9.10. The van der Waals surface area contributed by atoms with Crippen molar-refractivity contribution in [3.8, 4) is 5.75 Å². The first-order valence-electron chi connectivity index (χ1n) is 6.51. The zero-order valence-electron chi connectivity index (χ0n) is 12.2. The van der Waals surface area contributed by atoms with E-state index < -0.39 is 11.7 Å². The number of alkyl halides is 3. The van der Waals surface area contributed by atoms with E-state index in [4.69, 9.17) is 11.6 Å². The van der Waals surface area contributed by atoms with Gasteiger partial charge in [0.05, 0.1) is 15.7 Å². The van der Waals surface area contributed by atoms with Crippen molar-refractivity contribution in [3.63, 3.8) is 0 Å². The highest BCUT2D eigenvalue weighted by Crippen LogP contribution is 2.38. The first-order chi connectivity index (χ1) is 10.6. The second kappa shape index (κ2) is 6.53. The van der Waals surface area contributed by atoms with E-state index in [1.165, 1.54) is 18.3 Å². The number of halogens is 5. The fourth-order valence-electron chi connectivity index (χ4n) is 2.03. The lowest BCUT2D eigenvalue weighted by atomic mass is 10.0. The van der Waals surface area contributed by atoms with Crippen LogP contribution in [0.4, 0.5) is 18.9 Å². The Morgan fingerprint density at radius 3 is 2.48 bits per heavy atom. The number of rotatable bonds is 2. The van der Waals surface area contributed by atoms with Crippen molar-refractivity contribution in [2.75, 3.05) is 0 Å². The Balaban J connectivity index is 2.46. The van der Waals surface area contributed by atoms with E-state index in [1.807, 2.05) is 0 Å². The molecule has 0 saturated carbocycles. The molecule has 7 heteroatoms. The summed E-state index contributed by atoms with van der Waals surface area (Å²) in [5.74, 6) is -0.0554. The predicted molar refractivity (Wildman–Crippen MR) is 89.0 cm³/mol. The van der Waals surface area contributed by atoms with Crippen molar-refractivity contribution in [1.82, 2.24) is 0 Å². The first-order valence-corrected chi connectivity index (χ1v) is 7.68. The Morgan fingerprint density at radius 2 is 1.87 bits per heavy atom. The molecule has 0 bridgehead atoms. The Morgan fingerprint density at radius 1 is 1.22 bits per heavy atom. The third-order valence-electron chi connectivity index (χ3n) is 3.37. The topological polar surface area (TPSA) is 32.6 Å². The summed E-state index contributed by atoms with van der Waals surface area (Å²) < 4.78 is 38.5. The third-order valence-corrected chi connectivity index (χ3v) is 4.91. The molecule has 0 aliphatic carbocycles. The van der Waals surface area contributed by atoms with Crippen LogP contribution < -0.4 is 0 Å². The van der Waals surface area contributed by atoms with E-state index in [2.05, 4.69) is 20.9 Å². The lowest BCUT2D eigenvalue weighted by molar-refractivity contribution is -0.137. The maximum Gasteiger partial charge on any atom is 0.416 e. The van der Waals surface area contributed by atoms with Crippen LogP contribution in [-0.2, 0) is 6.18 Å². The average Bonchev–Trinajstić information content (AvgIpc) is 2.50. The predicted octanol–water partition coefficient (Wildman–Crippen LogP) is 6.19. The highest BCUT2D eigenvalue weighted by atomic mass is 79.9. The van der Waals surface area contributed by atoms with E-state index in [0.29, 0.717) is 26.2 Å². The van der Waals surface area contributed by atoms with Crippen LogP contribution in [0.1, 0.15) is 22.3 Å². The highest BCUT2D eigenvalue weighted by Gasteiger charge is 2.30. The van der Waals surface area contributed by atoms with Crippen LogP contribution in [0.2, 0.25) is 5.02 Å². The zero-order chi connectivity index (χ0) is 17.4. The van der Waals surface area contributed by atoms with E-state index in [0.717, 1.165) is 12.1 Å². The summed E-state index contributed by atoms with van der Waals surface area (Å²) in [4.78, 5) is 4.02. The zero-order valence-corrected chi connectivity index (χ0v) is 14.5. The number of phenols is 1. The summed E-state index contributed by atoms with van der Waals surface area (Å²) in [6, 6.07) is 4.64. The summed E-state index contributed by atoms with van der Waals surface area (Å²) >= 11 is 9.41. The van der Waals surface area contributed by atoms with Crippen LogP contribution >= 0.6 is 27.5 Å². The molecule has 0 radical (unpaired) electrons. The molecule has 2 aromatic carbocycles. The maximum absolute atomic E-state index is 12.7. The lowest BCUT2D eigenvalue weighted by Gasteiger charge is -2.12. The fourth-order valence-corrected chi connectivity index (χ4v) is 2.75. The number of nitrogens with zero attached hydrogens (tertiary/aromatic N) is 1. The third kappa shape index (κ3) is 3.70. The monoisotopic (exact) mass is 405 g/mol. The second-order valence-electron chi connectivity index (χ2n) is 4.95. The SMILES string of the molecule is Cc1c(Cl)c(C)c(C=Nc2cccc(C(F)(F)F)c2)c(O)c1Br. The Bertz CT molecular complexity index is 759. The lowest BCUT2D eigenvalue weighted by Crippen LogP contribution is -2.03. The summed E-state index contributed by atoms with van der Waals surface area (Å²) in [6.45, 7) is 3.45. The number of hydrogen-bond donors (Lipinski definition) is 1. The van der Waals surface area contributed by atoms with Gasteiger partial charge in [-0.15, -0.1) is 0 Å². The summed E-state index contributed by atoms with van der Waals surface area (Å²) in [7, 11) is 0. The van der Waals surface area contributed by atoms with Gasteiger partial charge in [0.25, 0.3) is 0 Å². The van der Waals surface area contributed by atoms with Gasteiger partial charge in [-0.2, -0.15) is 13.2 Å². The van der Waals surface area contributed by atoms with Crippen molar-refractivity contribution >= 4 is 39.4 Å². The van der Waals surface area contributed by atoms with Crippen molar-refractivity contribution in [2.24, 2.45) is 4.99 Å². The Kier molecular flexibility index (Phi) is 5.06. The first kappa shape index (κ1) is 17.8. The molecule has 2 aromatic rings. The number of aliphatic imine (C=N–C) groups is 1. The summed E-state index contributed by atoms with van der Waals surface area (Å²) in [6.07, 6.45) is -3.13. The molecule has 2 rings (SSSR count). The normalized spacial score (nSPS) is 12.1. The molecule has 2 nitrogen and oxygen atoms in total. The molecule has 23 heavy (non-hydrogen) atoms. The van der Waals surface area contributed by atoms with Gasteiger partial charge in [0.2, 0.25) is 0 Å². The molecule has 0 heterocycles. The minimum absolute atomic E-state index is 0.0554. The van der Waals surface area contributed by atoms with Crippen molar-refractivity contribution in [1.29, 1.82) is 0 Å². The molecular weight excluding hydrogens is 395 g/mol. The molecule has 0 amide bonds. The molecule has 122 valence electrons. The molecule has 0 fully saturated rings. The van der Waals surface area contributed by atoms with Crippen LogP contribution in [0.25, 0.3) is 0 Å². The van der Waals surface area contributed by atoms with Crippen LogP contribution in [0.3, 0.4) is 0 Å². The maximum atomic E-state index is 12.7. The molecule has 0 saturated heterocycles. The van der Waals surface area contributed by atoms with Crippen molar-refractivity contribution < 1.29 is 18.3 Å². The van der Waals surface area contributed by atoms with Gasteiger partial charge >= 0.3 is 6.18 Å². The van der Waals surface area contributed by atoms with Crippen LogP contribution in [0.5, 0.6) is 5.75 Å². The number of benzene rings is 2. The van der Waals surface area contributed by atoms with Crippen LogP contribution in [-0.4, -0.2) is 11.3 Å². The molecule has 0 spiro atoms. The molecule has 0 aliphatic rings. The van der Waals surface area contributed by atoms with E-state index in [-0.39, 0.29) is 11.4 Å². The summed E-state index contributed by atoms with van der Waals surface area (Å²) in [5.41, 5.74) is 0.978. The molecule has 0 aromatic heterocycles. The summed E-state index contributed by atoms with van der Waals surface area (Å²) in [5, 5.41) is 10.6. The molecule has 0 atom stereocenters. The number of phenolic OH excluding ortho intramolecular Hbond substituents is 1. The number of aromatic hydroxyl groups is 1. The fraction of sp³-hybridized carbons (Fsp3) is 0.188. The second-order valence-corrected chi connectivity index (χ2v) is 6.12. The molecule has 1 N–H and O–H groups in total. The smallest absolute Gasteiger partial charge is 0.416 e. The quantitative estimate of drug-likeness (QED) is 0.592. The number of hydrogen-bond acceptors (Lipinski definition) is 2. The van der Waals surface area contributed by atoms with Gasteiger partial charge in [-0.05, 0) is 59.1 Å². The van der Waals surface area contributed by atoms with E-state index >= 15 is 0 Å². The van der Waals surface area contributed by atoms with Gasteiger partial charge in [-0.1, -0.05) is 17.7 Å². The Labute approximate surface area is 144 Å². The minimum atomic E-state index is -4.43. The van der Waals surface area contributed by atoms with Gasteiger partial charge in [-0.25, -0.2) is 0 Å². The van der Waals surface area contributed by atoms with Gasteiger partial charge in [0.1, 0.15) is 5.75 Å². The van der Waals surface area contributed by atoms with E-state index in [9.17, 15) is 18.3 Å². The van der Waals surface area contributed by atoms with Gasteiger partial charge < -0.3 is 5.11 Å². The van der Waals surface area contributed by atoms with Crippen molar-refractivity contribution in [2.45, 2.75) is 20.0 Å². The van der Waals surface area contributed by atoms with Gasteiger partial charge in [0, 0.05) is 16.8 Å². The Hall–Kier alpha value is -1.53. The molecular formula is C16H12BrClF3NO. The molecule has 0 unspecified atom stereocenters. The van der Waals surface area contributed by atoms with Crippen LogP contribution in [0.15, 0.2) is 33.7 Å². The average molecular weight is 407 g/mol. The van der Waals surface area contributed by atoms with E-state index in [1.54, 1.807) is 13.8 Å². The standard InChI is InChI=1S/C16H12BrClF3NO/c1-8-12(15(23)13(17)9(2)14(8)18)7-22-11-5-3-4-10(6-11)16(19,20)21/h3-7,23H,1-2H3. The van der Waals surface area contributed by atoms with Gasteiger partial charge in [-0.3, -0.25) is 4.99 Å².